The topological polar surface area (TPSA) is 65.0 Å². The highest BCUT2D eigenvalue weighted by molar-refractivity contribution is 5.96. The van der Waals surface area contributed by atoms with Gasteiger partial charge < -0.3 is 29.0 Å². The van der Waals surface area contributed by atoms with Crippen LogP contribution in [0.3, 0.4) is 0 Å². The minimum absolute atomic E-state index is 0.0797. The Hall–Kier alpha value is -3.59. The molecule has 5 rings (SSSR count). The molecule has 3 aromatic rings. The summed E-state index contributed by atoms with van der Waals surface area (Å²) in [6.07, 6.45) is 0. The number of nitrogens with one attached hydrogen (secondary N) is 1. The average molecular weight is 484 g/mol. The molecule has 1 amide bonds. The minimum atomic E-state index is -0.643. The van der Waals surface area contributed by atoms with Crippen molar-refractivity contribution >= 4 is 11.6 Å². The summed E-state index contributed by atoms with van der Waals surface area (Å²) in [6, 6.07) is 9.28. The van der Waals surface area contributed by atoms with Crippen molar-refractivity contribution in [3.63, 3.8) is 0 Å². The van der Waals surface area contributed by atoms with Crippen LogP contribution < -0.4 is 19.7 Å². The Morgan fingerprint density at radius 1 is 1.03 bits per heavy atom. The molecule has 2 aliphatic heterocycles. The molecule has 1 aromatic heterocycles. The number of amides is 1. The number of hydrogen-bond donors (Lipinski definition) is 1. The molecule has 0 bridgehead atoms. The molecule has 0 unspecified atom stereocenters. The van der Waals surface area contributed by atoms with Crippen molar-refractivity contribution in [2.24, 2.45) is 0 Å². The monoisotopic (exact) mass is 483 g/mol. The summed E-state index contributed by atoms with van der Waals surface area (Å²) in [6.45, 7) is 6.62. The smallest absolute Gasteiger partial charge is 0.268 e. The van der Waals surface area contributed by atoms with Gasteiger partial charge in [0, 0.05) is 36.5 Å². The van der Waals surface area contributed by atoms with E-state index in [1.165, 1.54) is 18.2 Å². The van der Waals surface area contributed by atoms with Gasteiger partial charge in [0.25, 0.3) is 5.91 Å². The summed E-state index contributed by atoms with van der Waals surface area (Å²) in [4.78, 5) is 15.6. The lowest BCUT2D eigenvalue weighted by Gasteiger charge is -2.29. The second-order valence-electron chi connectivity index (χ2n) is 8.66. The number of hydrogen-bond acceptors (Lipinski definition) is 5. The Morgan fingerprint density at radius 2 is 1.74 bits per heavy atom. The highest BCUT2D eigenvalue weighted by Crippen LogP contribution is 2.34. The second kappa shape index (κ2) is 9.58. The van der Waals surface area contributed by atoms with Crippen LogP contribution in [-0.4, -0.2) is 43.6 Å². The fraction of sp³-hybridized carbons (Fsp3) is 0.346. The highest BCUT2D eigenvalue weighted by atomic mass is 19.1. The first-order chi connectivity index (χ1) is 16.9. The van der Waals surface area contributed by atoms with Crippen LogP contribution in [0.2, 0.25) is 0 Å². The number of halogens is 2. The zero-order valence-electron chi connectivity index (χ0n) is 19.7. The van der Waals surface area contributed by atoms with Gasteiger partial charge in [-0.25, -0.2) is 8.78 Å². The molecule has 0 saturated carbocycles. The molecule has 2 aromatic carbocycles. The highest BCUT2D eigenvalue weighted by Gasteiger charge is 2.28. The zero-order valence-corrected chi connectivity index (χ0v) is 19.7. The van der Waals surface area contributed by atoms with E-state index < -0.39 is 11.6 Å². The standard InChI is InChI=1S/C26H27F2N3O4/c1-16-24(30-8-10-33-11-9-30)17(2)31(14-19-20(27)4-3-5-21(19)28)25(16)26(32)29-13-18-6-7-22-23(12-18)35-15-34-22/h3-7,12H,8-11,13-15H2,1-2H3,(H,29,32). The van der Waals surface area contributed by atoms with Gasteiger partial charge in [0.2, 0.25) is 6.79 Å². The average Bonchev–Trinajstić information content (AvgIpc) is 3.42. The van der Waals surface area contributed by atoms with Crippen LogP contribution >= 0.6 is 0 Å². The lowest BCUT2D eigenvalue weighted by atomic mass is 10.1. The van der Waals surface area contributed by atoms with Crippen molar-refractivity contribution < 1.29 is 27.8 Å². The zero-order chi connectivity index (χ0) is 24.5. The Kier molecular flexibility index (Phi) is 6.34. The fourth-order valence-electron chi connectivity index (χ4n) is 4.78. The molecular formula is C26H27F2N3O4. The molecule has 1 saturated heterocycles. The third-order valence-corrected chi connectivity index (χ3v) is 6.54. The number of carbonyl (C=O) groups is 1. The van der Waals surface area contributed by atoms with E-state index in [9.17, 15) is 13.6 Å². The van der Waals surface area contributed by atoms with E-state index in [0.29, 0.717) is 43.5 Å². The van der Waals surface area contributed by atoms with Crippen LogP contribution in [0.1, 0.15) is 32.9 Å². The van der Waals surface area contributed by atoms with Crippen molar-refractivity contribution in [2.75, 3.05) is 38.0 Å². The fourth-order valence-corrected chi connectivity index (χ4v) is 4.78. The summed E-state index contributed by atoms with van der Waals surface area (Å²) in [5, 5.41) is 2.96. The molecule has 0 aliphatic carbocycles. The van der Waals surface area contributed by atoms with Crippen molar-refractivity contribution in [1.82, 2.24) is 9.88 Å². The van der Waals surface area contributed by atoms with Gasteiger partial charge >= 0.3 is 0 Å². The summed E-state index contributed by atoms with van der Waals surface area (Å²) in [5.41, 5.74) is 3.60. The predicted octanol–water partition coefficient (Wildman–Crippen LogP) is 3.93. The number of anilines is 1. The SMILES string of the molecule is Cc1c(N2CCOCC2)c(C)n(Cc2c(F)cccc2F)c1C(=O)NCc1ccc2c(c1)OCO2. The molecular weight excluding hydrogens is 456 g/mol. The number of nitrogens with zero attached hydrogens (tertiary/aromatic N) is 2. The number of ether oxygens (including phenoxy) is 3. The number of aromatic nitrogens is 1. The van der Waals surface area contributed by atoms with Crippen LogP contribution in [0.25, 0.3) is 0 Å². The first-order valence-electron chi connectivity index (χ1n) is 11.6. The first kappa shape index (κ1) is 23.2. The maximum atomic E-state index is 14.5. The Bertz CT molecular complexity index is 1250. The molecule has 7 nitrogen and oxygen atoms in total. The van der Waals surface area contributed by atoms with E-state index in [2.05, 4.69) is 10.2 Å². The van der Waals surface area contributed by atoms with Gasteiger partial charge in [0.05, 0.1) is 25.4 Å². The Balaban J connectivity index is 1.48. The summed E-state index contributed by atoms with van der Waals surface area (Å²) >= 11 is 0. The minimum Gasteiger partial charge on any atom is -0.454 e. The predicted molar refractivity (Wildman–Crippen MR) is 126 cm³/mol. The van der Waals surface area contributed by atoms with E-state index in [0.717, 1.165) is 22.5 Å². The number of rotatable bonds is 6. The third-order valence-electron chi connectivity index (χ3n) is 6.54. The number of benzene rings is 2. The molecule has 2 aliphatic rings. The lowest BCUT2D eigenvalue weighted by molar-refractivity contribution is 0.0941. The molecule has 9 heteroatoms. The molecule has 184 valence electrons. The van der Waals surface area contributed by atoms with Gasteiger partial charge in [0.15, 0.2) is 11.5 Å². The van der Waals surface area contributed by atoms with E-state index in [4.69, 9.17) is 14.2 Å². The first-order valence-corrected chi connectivity index (χ1v) is 11.6. The van der Waals surface area contributed by atoms with E-state index in [-0.39, 0.29) is 31.4 Å². The van der Waals surface area contributed by atoms with Gasteiger partial charge in [-0.05, 0) is 43.7 Å². The van der Waals surface area contributed by atoms with E-state index in [1.54, 1.807) is 10.6 Å². The van der Waals surface area contributed by atoms with Crippen LogP contribution in [0.5, 0.6) is 11.5 Å². The molecule has 35 heavy (non-hydrogen) atoms. The molecule has 1 N–H and O–H groups in total. The molecule has 0 atom stereocenters. The summed E-state index contributed by atoms with van der Waals surface area (Å²) in [7, 11) is 0. The molecule has 3 heterocycles. The number of carbonyl (C=O) groups excluding carboxylic acids is 1. The van der Waals surface area contributed by atoms with Gasteiger partial charge in [-0.2, -0.15) is 0 Å². The summed E-state index contributed by atoms with van der Waals surface area (Å²) in [5.74, 6) is -0.301. The lowest BCUT2D eigenvalue weighted by Crippen LogP contribution is -2.36. The van der Waals surface area contributed by atoms with E-state index in [1.807, 2.05) is 26.0 Å². The van der Waals surface area contributed by atoms with Gasteiger partial charge in [-0.15, -0.1) is 0 Å². The molecule has 0 radical (unpaired) electrons. The van der Waals surface area contributed by atoms with Gasteiger partial charge in [-0.1, -0.05) is 12.1 Å². The maximum absolute atomic E-state index is 14.5. The normalized spacial score (nSPS) is 14.9. The molecule has 1 fully saturated rings. The van der Waals surface area contributed by atoms with Crippen LogP contribution in [0.15, 0.2) is 36.4 Å². The Labute approximate surface area is 202 Å². The van der Waals surface area contributed by atoms with Crippen LogP contribution in [0.4, 0.5) is 14.5 Å². The van der Waals surface area contributed by atoms with Crippen LogP contribution in [0, 0.1) is 25.5 Å². The van der Waals surface area contributed by atoms with Crippen molar-refractivity contribution in [2.45, 2.75) is 26.9 Å². The van der Waals surface area contributed by atoms with Crippen molar-refractivity contribution in [1.29, 1.82) is 0 Å². The van der Waals surface area contributed by atoms with Crippen molar-refractivity contribution in [3.05, 3.63) is 76.1 Å². The number of fused-ring (bicyclic) bond motifs is 1. The van der Waals surface area contributed by atoms with Gasteiger partial charge in [-0.3, -0.25) is 4.79 Å². The third kappa shape index (κ3) is 4.43. The molecule has 0 spiro atoms. The quantitative estimate of drug-likeness (QED) is 0.576. The maximum Gasteiger partial charge on any atom is 0.268 e. The van der Waals surface area contributed by atoms with Crippen LogP contribution in [-0.2, 0) is 17.8 Å². The Morgan fingerprint density at radius 3 is 2.49 bits per heavy atom. The number of morpholine rings is 1. The second-order valence-corrected chi connectivity index (χ2v) is 8.66. The largest absolute Gasteiger partial charge is 0.454 e. The van der Waals surface area contributed by atoms with E-state index >= 15 is 0 Å². The van der Waals surface area contributed by atoms with Crippen molar-refractivity contribution in [3.8, 4) is 11.5 Å². The van der Waals surface area contributed by atoms with Gasteiger partial charge in [0.1, 0.15) is 17.3 Å². The summed E-state index contributed by atoms with van der Waals surface area (Å²) < 4.78 is 47.0.